The first kappa shape index (κ1) is 25.6. The highest BCUT2D eigenvalue weighted by Gasteiger charge is 2.19. The van der Waals surface area contributed by atoms with Crippen molar-refractivity contribution in [2.45, 2.75) is 0 Å². The second-order valence-corrected chi connectivity index (χ2v) is 11.6. The normalized spacial score (nSPS) is 11.6. The van der Waals surface area contributed by atoms with Gasteiger partial charge in [0.1, 0.15) is 11.2 Å². The molecule has 0 aliphatic carbocycles. The third-order valence-corrected chi connectivity index (χ3v) is 9.08. The van der Waals surface area contributed by atoms with Crippen molar-refractivity contribution in [2.24, 2.45) is 0 Å². The van der Waals surface area contributed by atoms with Crippen LogP contribution in [0.1, 0.15) is 0 Å². The van der Waals surface area contributed by atoms with Gasteiger partial charge in [0, 0.05) is 16.3 Å². The summed E-state index contributed by atoms with van der Waals surface area (Å²) in [6.07, 6.45) is 0. The van der Waals surface area contributed by atoms with E-state index in [0.717, 1.165) is 33.1 Å². The Kier molecular flexibility index (Phi) is 5.89. The number of rotatable bonds is 4. The van der Waals surface area contributed by atoms with Gasteiger partial charge in [0.05, 0.1) is 0 Å². The molecule has 45 heavy (non-hydrogen) atoms. The number of hydrogen-bond donors (Lipinski definition) is 0. The molecule has 0 saturated heterocycles. The molecule has 0 unspecified atom stereocenters. The lowest BCUT2D eigenvalue weighted by Gasteiger charge is -2.20. The molecular weight excluding hydrogens is 544 g/mol. The summed E-state index contributed by atoms with van der Waals surface area (Å²) in [5.74, 6) is 0. The maximum Gasteiger partial charge on any atom is 0.143 e. The Hall–Kier alpha value is -5.92. The van der Waals surface area contributed by atoms with Crippen molar-refractivity contribution in [2.75, 3.05) is 0 Å². The monoisotopic (exact) mass is 572 g/mol. The van der Waals surface area contributed by atoms with Crippen molar-refractivity contribution < 1.29 is 4.42 Å². The number of para-hydroxylation sites is 2. The zero-order chi connectivity index (χ0) is 29.7. The van der Waals surface area contributed by atoms with Crippen molar-refractivity contribution in [1.82, 2.24) is 0 Å². The van der Waals surface area contributed by atoms with Crippen molar-refractivity contribution in [3.05, 3.63) is 170 Å². The number of hydrogen-bond acceptors (Lipinski definition) is 1. The summed E-state index contributed by atoms with van der Waals surface area (Å²) in [5.41, 5.74) is 11.5. The molecule has 0 radical (unpaired) electrons. The van der Waals surface area contributed by atoms with Crippen LogP contribution < -0.4 is 0 Å². The van der Waals surface area contributed by atoms with Crippen molar-refractivity contribution in [1.29, 1.82) is 0 Å². The Bertz CT molecular complexity index is 2480. The standard InChI is InChI=1S/C44H28O/c1-2-14-29(15-3-1)32-18-4-5-20-35(32)43-38-23-8-6-21-36(38)42(37-22-7-9-24-39(37)43)31-17-12-16-30(28-31)33-25-13-26-40-34-19-10-11-27-41(34)45-44(33)40/h1-28H. The zero-order valence-corrected chi connectivity index (χ0v) is 24.6. The SMILES string of the molecule is c1ccc(-c2ccccc2-c2c3ccccc3c(-c3cccc(-c4cccc5c4oc4ccccc45)c3)c3ccccc23)cc1. The van der Waals surface area contributed by atoms with Gasteiger partial charge in [0.25, 0.3) is 0 Å². The van der Waals surface area contributed by atoms with E-state index in [4.69, 9.17) is 4.42 Å². The third-order valence-electron chi connectivity index (χ3n) is 9.08. The molecule has 8 aromatic carbocycles. The van der Waals surface area contributed by atoms with Crippen molar-refractivity contribution in [3.63, 3.8) is 0 Å². The maximum atomic E-state index is 6.44. The largest absolute Gasteiger partial charge is 0.455 e. The minimum absolute atomic E-state index is 0.916. The molecule has 9 aromatic rings. The Morgan fingerprint density at radius 2 is 0.778 bits per heavy atom. The molecule has 0 aliphatic rings. The van der Waals surface area contributed by atoms with E-state index in [2.05, 4.69) is 158 Å². The van der Waals surface area contributed by atoms with E-state index in [-0.39, 0.29) is 0 Å². The molecule has 0 saturated carbocycles. The molecule has 1 aromatic heterocycles. The van der Waals surface area contributed by atoms with Crippen LogP contribution in [0, 0.1) is 0 Å². The predicted octanol–water partition coefficient (Wildman–Crippen LogP) is 12.6. The first-order valence-corrected chi connectivity index (χ1v) is 15.4. The van der Waals surface area contributed by atoms with Crippen LogP contribution in [0.3, 0.4) is 0 Å². The lowest BCUT2D eigenvalue weighted by Crippen LogP contribution is -1.93. The number of benzene rings is 8. The summed E-state index contributed by atoms with van der Waals surface area (Å²) in [7, 11) is 0. The van der Waals surface area contributed by atoms with E-state index in [1.165, 1.54) is 54.9 Å². The van der Waals surface area contributed by atoms with Crippen molar-refractivity contribution >= 4 is 43.5 Å². The summed E-state index contributed by atoms with van der Waals surface area (Å²) in [6, 6.07) is 60.9. The molecule has 0 amide bonds. The van der Waals surface area contributed by atoms with E-state index < -0.39 is 0 Å². The summed E-state index contributed by atoms with van der Waals surface area (Å²) in [6.45, 7) is 0. The Morgan fingerprint density at radius 1 is 0.289 bits per heavy atom. The van der Waals surface area contributed by atoms with Crippen LogP contribution in [-0.2, 0) is 0 Å². The minimum atomic E-state index is 0.916. The van der Waals surface area contributed by atoms with E-state index in [9.17, 15) is 0 Å². The smallest absolute Gasteiger partial charge is 0.143 e. The summed E-state index contributed by atoms with van der Waals surface area (Å²) < 4.78 is 6.44. The molecule has 1 heterocycles. The lowest BCUT2D eigenvalue weighted by molar-refractivity contribution is 0.670. The van der Waals surface area contributed by atoms with E-state index in [1.54, 1.807) is 0 Å². The van der Waals surface area contributed by atoms with Crippen LogP contribution in [0.25, 0.3) is 88.0 Å². The van der Waals surface area contributed by atoms with E-state index in [0.29, 0.717) is 0 Å². The first-order chi connectivity index (χ1) is 22.3. The average molecular weight is 573 g/mol. The molecule has 0 atom stereocenters. The quantitative estimate of drug-likeness (QED) is 0.191. The molecule has 0 fully saturated rings. The molecular formula is C44H28O. The van der Waals surface area contributed by atoms with Crippen molar-refractivity contribution in [3.8, 4) is 44.5 Å². The highest BCUT2D eigenvalue weighted by atomic mass is 16.3. The van der Waals surface area contributed by atoms with Crippen LogP contribution in [0.15, 0.2) is 174 Å². The molecule has 0 spiro atoms. The van der Waals surface area contributed by atoms with Gasteiger partial charge >= 0.3 is 0 Å². The fourth-order valence-corrected chi connectivity index (χ4v) is 7.12. The zero-order valence-electron chi connectivity index (χ0n) is 24.6. The van der Waals surface area contributed by atoms with Crippen LogP contribution in [0.2, 0.25) is 0 Å². The molecule has 1 heteroatoms. The number of furan rings is 1. The highest BCUT2D eigenvalue weighted by Crippen LogP contribution is 2.46. The van der Waals surface area contributed by atoms with Gasteiger partial charge in [-0.05, 0) is 72.6 Å². The van der Waals surface area contributed by atoms with Gasteiger partial charge in [-0.15, -0.1) is 0 Å². The maximum absolute atomic E-state index is 6.44. The topological polar surface area (TPSA) is 13.1 Å². The van der Waals surface area contributed by atoms with Crippen LogP contribution in [0.4, 0.5) is 0 Å². The molecule has 0 bridgehead atoms. The van der Waals surface area contributed by atoms with E-state index in [1.807, 2.05) is 12.1 Å². The summed E-state index contributed by atoms with van der Waals surface area (Å²) in [4.78, 5) is 0. The number of fused-ring (bicyclic) bond motifs is 5. The van der Waals surface area contributed by atoms with Crippen LogP contribution >= 0.6 is 0 Å². The van der Waals surface area contributed by atoms with E-state index >= 15 is 0 Å². The molecule has 1 nitrogen and oxygen atoms in total. The fraction of sp³-hybridized carbons (Fsp3) is 0. The average Bonchev–Trinajstić information content (AvgIpc) is 3.50. The second-order valence-electron chi connectivity index (χ2n) is 11.6. The Balaban J connectivity index is 1.31. The van der Waals surface area contributed by atoms with Gasteiger partial charge in [-0.3, -0.25) is 0 Å². The first-order valence-electron chi connectivity index (χ1n) is 15.4. The Labute approximate surface area is 261 Å². The van der Waals surface area contributed by atoms with Gasteiger partial charge in [-0.1, -0.05) is 158 Å². The summed E-state index contributed by atoms with van der Waals surface area (Å²) in [5, 5.41) is 7.28. The van der Waals surface area contributed by atoms with Gasteiger partial charge < -0.3 is 4.42 Å². The Morgan fingerprint density at radius 3 is 1.51 bits per heavy atom. The highest BCUT2D eigenvalue weighted by molar-refractivity contribution is 6.22. The second kappa shape index (κ2) is 10.4. The third kappa shape index (κ3) is 4.09. The van der Waals surface area contributed by atoms with Gasteiger partial charge in [0.15, 0.2) is 0 Å². The predicted molar refractivity (Wildman–Crippen MR) is 190 cm³/mol. The molecule has 0 aliphatic heterocycles. The van der Waals surface area contributed by atoms with Gasteiger partial charge in [-0.2, -0.15) is 0 Å². The van der Waals surface area contributed by atoms with Crippen LogP contribution in [-0.4, -0.2) is 0 Å². The minimum Gasteiger partial charge on any atom is -0.455 e. The fourth-order valence-electron chi connectivity index (χ4n) is 7.12. The molecule has 0 N–H and O–H groups in total. The van der Waals surface area contributed by atoms with Gasteiger partial charge in [-0.25, -0.2) is 0 Å². The molecule has 210 valence electrons. The lowest BCUT2D eigenvalue weighted by atomic mass is 9.83. The molecule has 9 rings (SSSR count). The van der Waals surface area contributed by atoms with Gasteiger partial charge in [0.2, 0.25) is 0 Å². The van der Waals surface area contributed by atoms with Crippen LogP contribution in [0.5, 0.6) is 0 Å². The summed E-state index contributed by atoms with van der Waals surface area (Å²) >= 11 is 0.